The van der Waals surface area contributed by atoms with Crippen molar-refractivity contribution in [2.24, 2.45) is 5.92 Å². The zero-order valence-electron chi connectivity index (χ0n) is 18.9. The molecule has 0 aromatic heterocycles. The maximum atomic E-state index is 14.3. The number of ether oxygens (including phenoxy) is 3. The number of carbonyl (C=O) groups is 2. The molecule has 1 aliphatic rings. The quantitative estimate of drug-likeness (QED) is 0.477. The number of rotatable bonds is 11. The van der Waals surface area contributed by atoms with Crippen LogP contribution in [0.5, 0.6) is 0 Å². The average molecular weight is 460 g/mol. The van der Waals surface area contributed by atoms with Gasteiger partial charge in [0.15, 0.2) is 6.10 Å². The highest BCUT2D eigenvalue weighted by Crippen LogP contribution is 2.35. The fourth-order valence-electron chi connectivity index (χ4n) is 3.89. The summed E-state index contributed by atoms with van der Waals surface area (Å²) in [5, 5.41) is 1.45. The standard InChI is InChI=1S/C25H30FNO6/c1-3-30-24(28)21-22(20(15-26)32-17-19-13-9-6-10-14-19)27(16-18-11-7-5-8-12-18)33-23(21)25(29)31-4-2/h5-14,20-23H,3-4,15-17H2,1-2H3/t20-,21+,22+,23+/m0/s1. The summed E-state index contributed by atoms with van der Waals surface area (Å²) in [4.78, 5) is 31.6. The van der Waals surface area contributed by atoms with E-state index in [0.717, 1.165) is 11.1 Å². The molecule has 178 valence electrons. The van der Waals surface area contributed by atoms with Crippen molar-refractivity contribution in [3.63, 3.8) is 0 Å². The third-order valence-corrected chi connectivity index (χ3v) is 5.37. The first kappa shape index (κ1) is 24.8. The molecule has 1 heterocycles. The molecule has 1 fully saturated rings. The molecule has 1 saturated heterocycles. The maximum Gasteiger partial charge on any atom is 0.338 e. The summed E-state index contributed by atoms with van der Waals surface area (Å²) in [7, 11) is 0. The summed E-state index contributed by atoms with van der Waals surface area (Å²) >= 11 is 0. The minimum atomic E-state index is -1.26. The minimum Gasteiger partial charge on any atom is -0.466 e. The zero-order valence-corrected chi connectivity index (χ0v) is 18.9. The molecule has 0 unspecified atom stereocenters. The number of hydrogen-bond acceptors (Lipinski definition) is 7. The lowest BCUT2D eigenvalue weighted by Crippen LogP contribution is -2.48. The Balaban J connectivity index is 1.92. The van der Waals surface area contributed by atoms with Crippen LogP contribution in [-0.2, 0) is 41.8 Å². The van der Waals surface area contributed by atoms with Gasteiger partial charge < -0.3 is 14.2 Å². The predicted octanol–water partition coefficient (Wildman–Crippen LogP) is 3.47. The Morgan fingerprint density at radius 2 is 1.52 bits per heavy atom. The third kappa shape index (κ3) is 6.37. The van der Waals surface area contributed by atoms with Crippen LogP contribution < -0.4 is 0 Å². The fourth-order valence-corrected chi connectivity index (χ4v) is 3.89. The maximum absolute atomic E-state index is 14.3. The second-order valence-electron chi connectivity index (χ2n) is 7.60. The Hall–Kier alpha value is -2.81. The summed E-state index contributed by atoms with van der Waals surface area (Å²) in [6.45, 7) is 3.06. The Morgan fingerprint density at radius 1 is 0.939 bits per heavy atom. The molecule has 33 heavy (non-hydrogen) atoms. The van der Waals surface area contributed by atoms with Crippen LogP contribution in [0.4, 0.5) is 4.39 Å². The molecule has 0 bridgehead atoms. The lowest BCUT2D eigenvalue weighted by molar-refractivity contribution is -0.203. The van der Waals surface area contributed by atoms with Gasteiger partial charge >= 0.3 is 11.9 Å². The van der Waals surface area contributed by atoms with E-state index in [1.807, 2.05) is 60.7 Å². The smallest absolute Gasteiger partial charge is 0.338 e. The van der Waals surface area contributed by atoms with Crippen molar-refractivity contribution in [3.8, 4) is 0 Å². The lowest BCUT2D eigenvalue weighted by atomic mass is 9.90. The highest BCUT2D eigenvalue weighted by atomic mass is 19.1. The van der Waals surface area contributed by atoms with Crippen LogP contribution in [0, 0.1) is 5.92 Å². The highest BCUT2D eigenvalue weighted by molar-refractivity contribution is 5.85. The van der Waals surface area contributed by atoms with E-state index < -0.39 is 42.8 Å². The van der Waals surface area contributed by atoms with Crippen LogP contribution >= 0.6 is 0 Å². The SMILES string of the molecule is CCOC(=O)[C@@H]1[C@@H]([C@H](CF)OCc2ccccc2)N(Cc2ccccc2)O[C@H]1C(=O)OCC. The van der Waals surface area contributed by atoms with Crippen LogP contribution in [0.2, 0.25) is 0 Å². The van der Waals surface area contributed by atoms with Gasteiger partial charge in [0.2, 0.25) is 0 Å². The molecule has 8 heteroatoms. The second kappa shape index (κ2) is 12.4. The molecule has 0 aliphatic carbocycles. The van der Waals surface area contributed by atoms with Crippen LogP contribution in [0.25, 0.3) is 0 Å². The molecule has 2 aromatic carbocycles. The molecule has 4 atom stereocenters. The number of esters is 2. The van der Waals surface area contributed by atoms with Crippen molar-refractivity contribution in [2.75, 3.05) is 19.9 Å². The number of halogens is 1. The van der Waals surface area contributed by atoms with E-state index in [1.54, 1.807) is 13.8 Å². The number of hydroxylamine groups is 2. The normalized spacial score (nSPS) is 21.5. The molecule has 0 saturated carbocycles. The molecule has 0 N–H and O–H groups in total. The van der Waals surface area contributed by atoms with E-state index in [9.17, 15) is 14.0 Å². The fraction of sp³-hybridized carbons (Fsp3) is 0.440. The topological polar surface area (TPSA) is 74.3 Å². The Kier molecular flexibility index (Phi) is 9.35. The Labute approximate surface area is 193 Å². The predicted molar refractivity (Wildman–Crippen MR) is 118 cm³/mol. The molecule has 0 amide bonds. The van der Waals surface area contributed by atoms with E-state index in [-0.39, 0.29) is 26.4 Å². The van der Waals surface area contributed by atoms with Crippen molar-refractivity contribution >= 4 is 11.9 Å². The van der Waals surface area contributed by atoms with Gasteiger partial charge in [0.05, 0.1) is 25.9 Å². The minimum absolute atomic E-state index is 0.113. The summed E-state index contributed by atoms with van der Waals surface area (Å²) in [6, 6.07) is 17.8. The van der Waals surface area contributed by atoms with Gasteiger partial charge in [0.1, 0.15) is 18.7 Å². The largest absolute Gasteiger partial charge is 0.466 e. The lowest BCUT2D eigenvalue weighted by Gasteiger charge is -2.30. The van der Waals surface area contributed by atoms with Crippen molar-refractivity contribution < 1.29 is 33.0 Å². The molecule has 2 aromatic rings. The van der Waals surface area contributed by atoms with Gasteiger partial charge in [-0.3, -0.25) is 9.63 Å². The van der Waals surface area contributed by atoms with Crippen molar-refractivity contribution in [1.29, 1.82) is 0 Å². The van der Waals surface area contributed by atoms with Gasteiger partial charge in [0.25, 0.3) is 0 Å². The summed E-state index contributed by atoms with van der Waals surface area (Å²) in [5.41, 5.74) is 1.73. The van der Waals surface area contributed by atoms with E-state index >= 15 is 0 Å². The molecular weight excluding hydrogens is 429 g/mol. The highest BCUT2D eigenvalue weighted by Gasteiger charge is 2.55. The molecule has 7 nitrogen and oxygen atoms in total. The van der Waals surface area contributed by atoms with Crippen LogP contribution in [-0.4, -0.2) is 55.1 Å². The summed E-state index contributed by atoms with van der Waals surface area (Å²) in [5.74, 6) is -2.46. The summed E-state index contributed by atoms with van der Waals surface area (Å²) < 4.78 is 30.6. The van der Waals surface area contributed by atoms with Crippen molar-refractivity contribution in [1.82, 2.24) is 5.06 Å². The first-order valence-electron chi connectivity index (χ1n) is 11.1. The molecular formula is C25H30FNO6. The van der Waals surface area contributed by atoms with E-state index in [4.69, 9.17) is 19.0 Å². The zero-order chi connectivity index (χ0) is 23.6. The molecule has 0 spiro atoms. The Morgan fingerprint density at radius 3 is 2.09 bits per heavy atom. The van der Waals surface area contributed by atoms with Crippen LogP contribution in [0.3, 0.4) is 0 Å². The molecule has 0 radical (unpaired) electrons. The summed E-state index contributed by atoms with van der Waals surface area (Å²) in [6.07, 6.45) is -2.30. The van der Waals surface area contributed by atoms with Gasteiger partial charge in [-0.05, 0) is 25.0 Å². The molecule has 1 aliphatic heterocycles. The van der Waals surface area contributed by atoms with E-state index in [1.165, 1.54) is 5.06 Å². The Bertz CT molecular complexity index is 881. The van der Waals surface area contributed by atoms with Crippen LogP contribution in [0.1, 0.15) is 25.0 Å². The number of hydrogen-bond donors (Lipinski definition) is 0. The number of benzene rings is 2. The number of nitrogens with zero attached hydrogens (tertiary/aromatic N) is 1. The van der Waals surface area contributed by atoms with Gasteiger partial charge in [-0.25, -0.2) is 9.18 Å². The van der Waals surface area contributed by atoms with Crippen molar-refractivity contribution in [3.05, 3.63) is 71.8 Å². The monoisotopic (exact) mass is 459 g/mol. The van der Waals surface area contributed by atoms with Gasteiger partial charge in [0, 0.05) is 6.54 Å². The van der Waals surface area contributed by atoms with E-state index in [2.05, 4.69) is 0 Å². The van der Waals surface area contributed by atoms with E-state index in [0.29, 0.717) is 0 Å². The van der Waals surface area contributed by atoms with Crippen molar-refractivity contribution in [2.45, 2.75) is 45.2 Å². The molecule has 3 rings (SSSR count). The average Bonchev–Trinajstić information content (AvgIpc) is 3.20. The number of alkyl halides is 1. The third-order valence-electron chi connectivity index (χ3n) is 5.37. The number of carbonyl (C=O) groups excluding carboxylic acids is 2. The second-order valence-corrected chi connectivity index (χ2v) is 7.60. The first-order valence-corrected chi connectivity index (χ1v) is 11.1. The first-order chi connectivity index (χ1) is 16.1. The van der Waals surface area contributed by atoms with Gasteiger partial charge in [-0.1, -0.05) is 60.7 Å². The van der Waals surface area contributed by atoms with Crippen LogP contribution in [0.15, 0.2) is 60.7 Å². The van der Waals surface area contributed by atoms with Gasteiger partial charge in [-0.15, -0.1) is 0 Å². The van der Waals surface area contributed by atoms with Gasteiger partial charge in [-0.2, -0.15) is 5.06 Å².